The van der Waals surface area contributed by atoms with Crippen molar-refractivity contribution < 1.29 is 23.8 Å². The SMILES string of the molecule is CCCCCOC(=O)COCC(=O)OCCCc1ccccc1. The summed E-state index contributed by atoms with van der Waals surface area (Å²) in [7, 11) is 0. The van der Waals surface area contributed by atoms with E-state index in [1.807, 2.05) is 30.3 Å². The summed E-state index contributed by atoms with van der Waals surface area (Å²) in [6.45, 7) is 2.38. The molecule has 0 bridgehead atoms. The van der Waals surface area contributed by atoms with E-state index in [-0.39, 0.29) is 13.2 Å². The number of hydrogen-bond donors (Lipinski definition) is 0. The van der Waals surface area contributed by atoms with Gasteiger partial charge in [0.25, 0.3) is 0 Å². The second-order valence-electron chi connectivity index (χ2n) is 5.23. The monoisotopic (exact) mass is 322 g/mol. The van der Waals surface area contributed by atoms with Crippen LogP contribution in [-0.4, -0.2) is 38.4 Å². The van der Waals surface area contributed by atoms with Crippen molar-refractivity contribution in [1.29, 1.82) is 0 Å². The van der Waals surface area contributed by atoms with Gasteiger partial charge in [-0.2, -0.15) is 0 Å². The molecular weight excluding hydrogens is 296 g/mol. The summed E-state index contributed by atoms with van der Waals surface area (Å²) in [6.07, 6.45) is 4.58. The Balaban J connectivity index is 1.96. The van der Waals surface area contributed by atoms with Crippen LogP contribution in [0.25, 0.3) is 0 Å². The fourth-order valence-corrected chi connectivity index (χ4v) is 1.95. The van der Waals surface area contributed by atoms with E-state index < -0.39 is 11.9 Å². The van der Waals surface area contributed by atoms with Gasteiger partial charge in [0.05, 0.1) is 13.2 Å². The van der Waals surface area contributed by atoms with Gasteiger partial charge in [-0.25, -0.2) is 9.59 Å². The Hall–Kier alpha value is -1.88. The van der Waals surface area contributed by atoms with Gasteiger partial charge in [0.1, 0.15) is 13.2 Å². The molecule has 0 aliphatic heterocycles. The highest BCUT2D eigenvalue weighted by Crippen LogP contribution is 2.02. The number of hydrogen-bond acceptors (Lipinski definition) is 5. The summed E-state index contributed by atoms with van der Waals surface area (Å²) in [5.74, 6) is -0.908. The molecule has 0 saturated heterocycles. The van der Waals surface area contributed by atoms with Crippen molar-refractivity contribution in [3.05, 3.63) is 35.9 Å². The molecule has 128 valence electrons. The Labute approximate surface area is 137 Å². The van der Waals surface area contributed by atoms with E-state index in [9.17, 15) is 9.59 Å². The summed E-state index contributed by atoms with van der Waals surface area (Å²) in [6, 6.07) is 10.0. The van der Waals surface area contributed by atoms with E-state index >= 15 is 0 Å². The highest BCUT2D eigenvalue weighted by Gasteiger charge is 2.07. The predicted molar refractivity (Wildman–Crippen MR) is 87.0 cm³/mol. The zero-order chi connectivity index (χ0) is 16.8. The lowest BCUT2D eigenvalue weighted by molar-refractivity contribution is -0.155. The van der Waals surface area contributed by atoms with Gasteiger partial charge in [-0.3, -0.25) is 0 Å². The summed E-state index contributed by atoms with van der Waals surface area (Å²) in [5, 5.41) is 0. The van der Waals surface area contributed by atoms with E-state index in [0.717, 1.165) is 32.1 Å². The minimum Gasteiger partial charge on any atom is -0.464 e. The average molecular weight is 322 g/mol. The third kappa shape index (κ3) is 10.5. The quantitative estimate of drug-likeness (QED) is 0.437. The number of carbonyl (C=O) groups is 2. The van der Waals surface area contributed by atoms with Gasteiger partial charge in [0, 0.05) is 0 Å². The number of ether oxygens (including phenoxy) is 3. The molecule has 0 aliphatic carbocycles. The van der Waals surface area contributed by atoms with Crippen molar-refractivity contribution in [3.63, 3.8) is 0 Å². The Morgan fingerprint density at radius 2 is 1.48 bits per heavy atom. The first-order valence-corrected chi connectivity index (χ1v) is 8.15. The van der Waals surface area contributed by atoms with Crippen molar-refractivity contribution in [2.45, 2.75) is 39.0 Å². The van der Waals surface area contributed by atoms with Gasteiger partial charge >= 0.3 is 11.9 Å². The molecule has 1 aromatic rings. The van der Waals surface area contributed by atoms with Crippen LogP contribution in [0, 0.1) is 0 Å². The average Bonchev–Trinajstić information content (AvgIpc) is 2.56. The highest BCUT2D eigenvalue weighted by atomic mass is 16.6. The zero-order valence-electron chi connectivity index (χ0n) is 13.8. The minimum absolute atomic E-state index is 0.217. The molecule has 5 nitrogen and oxygen atoms in total. The normalized spacial score (nSPS) is 10.3. The third-order valence-corrected chi connectivity index (χ3v) is 3.17. The van der Waals surface area contributed by atoms with Gasteiger partial charge < -0.3 is 14.2 Å². The molecule has 0 unspecified atom stereocenters. The molecule has 5 heteroatoms. The van der Waals surface area contributed by atoms with Crippen LogP contribution in [0.3, 0.4) is 0 Å². The van der Waals surface area contributed by atoms with Gasteiger partial charge in [-0.1, -0.05) is 50.1 Å². The van der Waals surface area contributed by atoms with Crippen LogP contribution in [0.15, 0.2) is 30.3 Å². The fraction of sp³-hybridized carbons (Fsp3) is 0.556. The first kappa shape index (κ1) is 19.2. The number of esters is 2. The number of unbranched alkanes of at least 4 members (excludes halogenated alkanes) is 2. The molecule has 1 rings (SSSR count). The van der Waals surface area contributed by atoms with Gasteiger partial charge in [-0.15, -0.1) is 0 Å². The maximum absolute atomic E-state index is 11.4. The van der Waals surface area contributed by atoms with Crippen LogP contribution in [0.5, 0.6) is 0 Å². The van der Waals surface area contributed by atoms with Crippen molar-refractivity contribution in [2.24, 2.45) is 0 Å². The predicted octanol–water partition coefficient (Wildman–Crippen LogP) is 2.91. The van der Waals surface area contributed by atoms with Crippen LogP contribution in [0.2, 0.25) is 0 Å². The molecule has 1 aromatic carbocycles. The maximum Gasteiger partial charge on any atom is 0.332 e. The topological polar surface area (TPSA) is 61.8 Å². The number of rotatable bonds is 12. The molecule has 0 spiro atoms. The summed E-state index contributed by atoms with van der Waals surface area (Å²) >= 11 is 0. The zero-order valence-corrected chi connectivity index (χ0v) is 13.8. The van der Waals surface area contributed by atoms with E-state index in [0.29, 0.717) is 13.2 Å². The van der Waals surface area contributed by atoms with E-state index in [2.05, 4.69) is 6.92 Å². The second kappa shape index (κ2) is 12.6. The van der Waals surface area contributed by atoms with Gasteiger partial charge in [-0.05, 0) is 24.8 Å². The van der Waals surface area contributed by atoms with E-state index in [1.165, 1.54) is 5.56 Å². The molecule has 0 saturated carbocycles. The van der Waals surface area contributed by atoms with Crippen molar-refractivity contribution >= 4 is 11.9 Å². The third-order valence-electron chi connectivity index (χ3n) is 3.17. The summed E-state index contributed by atoms with van der Waals surface area (Å²) in [5.41, 5.74) is 1.21. The molecule has 0 radical (unpaired) electrons. The van der Waals surface area contributed by atoms with Crippen LogP contribution >= 0.6 is 0 Å². The molecule has 0 amide bonds. The van der Waals surface area contributed by atoms with Gasteiger partial charge in [0.2, 0.25) is 0 Å². The Bertz CT molecular complexity index is 444. The fourth-order valence-electron chi connectivity index (χ4n) is 1.95. The Morgan fingerprint density at radius 1 is 0.870 bits per heavy atom. The molecule has 0 aliphatic rings. The summed E-state index contributed by atoms with van der Waals surface area (Å²) in [4.78, 5) is 22.7. The van der Waals surface area contributed by atoms with Crippen molar-refractivity contribution in [3.8, 4) is 0 Å². The smallest absolute Gasteiger partial charge is 0.332 e. The van der Waals surface area contributed by atoms with E-state index in [4.69, 9.17) is 14.2 Å². The van der Waals surface area contributed by atoms with Gasteiger partial charge in [0.15, 0.2) is 0 Å². The van der Waals surface area contributed by atoms with Crippen LogP contribution < -0.4 is 0 Å². The molecule has 0 aromatic heterocycles. The molecular formula is C18H26O5. The number of aryl methyl sites for hydroxylation is 1. The highest BCUT2D eigenvalue weighted by molar-refractivity contribution is 5.73. The number of benzene rings is 1. The molecule has 0 atom stereocenters. The molecule has 23 heavy (non-hydrogen) atoms. The van der Waals surface area contributed by atoms with Crippen LogP contribution in [-0.2, 0) is 30.2 Å². The minimum atomic E-state index is -0.461. The summed E-state index contributed by atoms with van der Waals surface area (Å²) < 4.78 is 15.0. The Morgan fingerprint density at radius 3 is 2.09 bits per heavy atom. The second-order valence-corrected chi connectivity index (χ2v) is 5.23. The van der Waals surface area contributed by atoms with Crippen molar-refractivity contribution in [2.75, 3.05) is 26.4 Å². The van der Waals surface area contributed by atoms with E-state index in [1.54, 1.807) is 0 Å². The number of carbonyl (C=O) groups excluding carboxylic acids is 2. The maximum atomic E-state index is 11.4. The standard InChI is InChI=1S/C18H26O5/c1-2-3-7-12-22-17(19)14-21-15-18(20)23-13-8-11-16-9-5-4-6-10-16/h4-6,9-10H,2-3,7-8,11-15H2,1H3. The Kier molecular flexibility index (Phi) is 10.5. The van der Waals surface area contributed by atoms with Crippen molar-refractivity contribution in [1.82, 2.24) is 0 Å². The lowest BCUT2D eigenvalue weighted by Gasteiger charge is -2.06. The van der Waals surface area contributed by atoms with Crippen LogP contribution in [0.4, 0.5) is 0 Å². The molecule has 0 fully saturated rings. The first-order chi connectivity index (χ1) is 11.2. The first-order valence-electron chi connectivity index (χ1n) is 8.15. The lowest BCUT2D eigenvalue weighted by atomic mass is 10.1. The molecule has 0 N–H and O–H groups in total. The molecule has 0 heterocycles. The lowest BCUT2D eigenvalue weighted by Crippen LogP contribution is -2.19. The van der Waals surface area contributed by atoms with Crippen LogP contribution in [0.1, 0.15) is 38.2 Å². The largest absolute Gasteiger partial charge is 0.464 e.